The van der Waals surface area contributed by atoms with E-state index in [0.29, 0.717) is 9.82 Å². The van der Waals surface area contributed by atoms with E-state index < -0.39 is 0 Å². The van der Waals surface area contributed by atoms with Crippen LogP contribution in [-0.2, 0) is 0 Å². The first kappa shape index (κ1) is 18.1. The van der Waals surface area contributed by atoms with Gasteiger partial charge in [-0.1, -0.05) is 29.8 Å². The van der Waals surface area contributed by atoms with Gasteiger partial charge in [-0.2, -0.15) is 5.10 Å². The molecule has 0 unspecified atom stereocenters. The molecule has 26 heavy (non-hydrogen) atoms. The van der Waals surface area contributed by atoms with E-state index in [-0.39, 0.29) is 5.91 Å². The van der Waals surface area contributed by atoms with Crippen molar-refractivity contribution in [1.29, 1.82) is 0 Å². The fourth-order valence-electron chi connectivity index (χ4n) is 2.37. The third-order valence-electron chi connectivity index (χ3n) is 3.65. The number of rotatable bonds is 4. The Morgan fingerprint density at radius 1 is 1.19 bits per heavy atom. The third kappa shape index (κ3) is 3.92. The highest BCUT2D eigenvalue weighted by atomic mass is 35.5. The first-order chi connectivity index (χ1) is 12.6. The van der Waals surface area contributed by atoms with Gasteiger partial charge in [-0.3, -0.25) is 9.36 Å². The van der Waals surface area contributed by atoms with Crippen molar-refractivity contribution in [3.05, 3.63) is 69.3 Å². The zero-order chi connectivity index (χ0) is 18.5. The molecule has 0 N–H and O–H groups in total. The maximum absolute atomic E-state index is 12.1. The summed E-state index contributed by atoms with van der Waals surface area (Å²) >= 11 is 7.44. The second kappa shape index (κ2) is 8.12. The minimum atomic E-state index is -0.135. The van der Waals surface area contributed by atoms with Crippen molar-refractivity contribution < 1.29 is 9.53 Å². The molecule has 0 aliphatic carbocycles. The average Bonchev–Trinajstić information content (AvgIpc) is 3.07. The zero-order valence-electron chi connectivity index (χ0n) is 14.2. The van der Waals surface area contributed by atoms with Gasteiger partial charge in [0.1, 0.15) is 5.75 Å². The van der Waals surface area contributed by atoms with E-state index in [2.05, 4.69) is 10.2 Å². The molecule has 0 saturated heterocycles. The molecule has 1 aromatic heterocycles. The molecule has 1 heterocycles. The fraction of sp³-hybridized carbons (Fsp3) is 0.105. The van der Waals surface area contributed by atoms with Gasteiger partial charge < -0.3 is 4.74 Å². The lowest BCUT2D eigenvalue weighted by Gasteiger charge is -2.05. The summed E-state index contributed by atoms with van der Waals surface area (Å²) in [6, 6.07) is 14.8. The molecule has 0 aliphatic rings. The number of nitrogens with zero attached hydrogens (tertiary/aromatic N) is 3. The molecule has 3 rings (SSSR count). The fourth-order valence-corrected chi connectivity index (χ4v) is 3.44. The Bertz CT molecular complexity index is 1020. The van der Waals surface area contributed by atoms with E-state index in [1.54, 1.807) is 19.4 Å². The van der Waals surface area contributed by atoms with Gasteiger partial charge in [-0.05, 0) is 35.9 Å². The maximum atomic E-state index is 12.1. The Hall–Kier alpha value is -2.70. The lowest BCUT2D eigenvalue weighted by molar-refractivity contribution is 0.0935. The van der Waals surface area contributed by atoms with E-state index in [4.69, 9.17) is 16.3 Å². The molecular formula is C19H16ClN3O2S. The summed E-state index contributed by atoms with van der Waals surface area (Å²) in [6.45, 7) is 1.50. The molecule has 3 aromatic rings. The van der Waals surface area contributed by atoms with E-state index in [0.717, 1.165) is 22.6 Å². The molecule has 0 spiro atoms. The number of carbonyl (C=O) groups is 1. The van der Waals surface area contributed by atoms with E-state index >= 15 is 0 Å². The summed E-state index contributed by atoms with van der Waals surface area (Å²) in [5, 5.41) is 10.7. The number of hydrogen-bond acceptors (Lipinski definition) is 5. The number of carbonyl (C=O) groups excluding carboxylic acids is 1. The van der Waals surface area contributed by atoms with Crippen molar-refractivity contribution in [1.82, 2.24) is 4.57 Å². The quantitative estimate of drug-likeness (QED) is 0.491. The number of halogens is 1. The minimum absolute atomic E-state index is 0.135. The average molecular weight is 386 g/mol. The van der Waals surface area contributed by atoms with Crippen LogP contribution in [0, 0.1) is 0 Å². The highest BCUT2D eigenvalue weighted by molar-refractivity contribution is 7.07. The number of aromatic nitrogens is 1. The summed E-state index contributed by atoms with van der Waals surface area (Å²) in [5.41, 5.74) is 2.42. The Morgan fingerprint density at radius 2 is 1.92 bits per heavy atom. The molecule has 132 valence electrons. The first-order valence-corrected chi connectivity index (χ1v) is 9.03. The highest BCUT2D eigenvalue weighted by Crippen LogP contribution is 2.23. The van der Waals surface area contributed by atoms with Gasteiger partial charge in [-0.15, -0.1) is 16.4 Å². The number of thiazole rings is 1. The molecule has 7 heteroatoms. The van der Waals surface area contributed by atoms with Crippen LogP contribution in [0.4, 0.5) is 0 Å². The predicted octanol–water partition coefficient (Wildman–Crippen LogP) is 4.47. The summed E-state index contributed by atoms with van der Waals surface area (Å²) in [7, 11) is 1.61. The molecule has 0 amide bonds. The highest BCUT2D eigenvalue weighted by Gasteiger charge is 2.11. The Kier molecular flexibility index (Phi) is 5.65. The standard InChI is InChI=1S/C19H16ClN3O2S/c1-13(24)23-18(14-7-9-16(25-2)10-8-14)12-26-19(23)22-21-11-15-5-3-4-6-17(15)20/h3-12H,1-2H3/b21-11-,22-19-. The number of benzene rings is 2. The topological polar surface area (TPSA) is 56.0 Å². The third-order valence-corrected chi connectivity index (χ3v) is 4.81. The van der Waals surface area contributed by atoms with Gasteiger partial charge in [0.2, 0.25) is 10.7 Å². The van der Waals surface area contributed by atoms with Crippen molar-refractivity contribution in [3.63, 3.8) is 0 Å². The van der Waals surface area contributed by atoms with Crippen LogP contribution in [0.2, 0.25) is 5.02 Å². The van der Waals surface area contributed by atoms with Gasteiger partial charge >= 0.3 is 0 Å². The largest absolute Gasteiger partial charge is 0.497 e. The van der Waals surface area contributed by atoms with Crippen LogP contribution in [0.1, 0.15) is 17.3 Å². The second-order valence-corrected chi connectivity index (χ2v) is 6.60. The zero-order valence-corrected chi connectivity index (χ0v) is 15.8. The van der Waals surface area contributed by atoms with Crippen LogP contribution in [0.3, 0.4) is 0 Å². The lowest BCUT2D eigenvalue weighted by atomic mass is 10.1. The Balaban J connectivity index is 1.99. The van der Waals surface area contributed by atoms with Crippen LogP contribution in [0.25, 0.3) is 11.3 Å². The molecule has 0 fully saturated rings. The number of methoxy groups -OCH3 is 1. The van der Waals surface area contributed by atoms with E-state index in [1.165, 1.54) is 22.8 Å². The lowest BCUT2D eigenvalue weighted by Crippen LogP contribution is -2.21. The summed E-state index contributed by atoms with van der Waals surface area (Å²) in [6.07, 6.45) is 1.57. The van der Waals surface area contributed by atoms with Crippen molar-refractivity contribution in [2.24, 2.45) is 10.2 Å². The van der Waals surface area contributed by atoms with Gasteiger partial charge in [0.05, 0.1) is 19.0 Å². The van der Waals surface area contributed by atoms with Gasteiger partial charge in [0.15, 0.2) is 0 Å². The van der Waals surface area contributed by atoms with Crippen molar-refractivity contribution in [2.75, 3.05) is 7.11 Å². The van der Waals surface area contributed by atoms with Crippen LogP contribution in [0.15, 0.2) is 64.1 Å². The van der Waals surface area contributed by atoms with E-state index in [1.807, 2.05) is 47.8 Å². The number of ether oxygens (including phenoxy) is 1. The molecule has 0 bridgehead atoms. The monoisotopic (exact) mass is 385 g/mol. The summed E-state index contributed by atoms with van der Waals surface area (Å²) in [4.78, 5) is 12.6. The van der Waals surface area contributed by atoms with Gasteiger partial charge in [0, 0.05) is 22.9 Å². The molecular weight excluding hydrogens is 370 g/mol. The molecule has 0 atom stereocenters. The summed E-state index contributed by atoms with van der Waals surface area (Å²) in [5.74, 6) is 0.622. The van der Waals surface area contributed by atoms with Crippen LogP contribution < -0.4 is 9.54 Å². The molecule has 5 nitrogen and oxygen atoms in total. The molecule has 0 saturated carbocycles. The van der Waals surface area contributed by atoms with Crippen molar-refractivity contribution in [2.45, 2.75) is 6.92 Å². The SMILES string of the molecule is COc1ccc(-c2cs/c(=N\N=C/c3ccccc3Cl)n2C(C)=O)cc1. The first-order valence-electron chi connectivity index (χ1n) is 7.77. The molecule has 0 aliphatic heterocycles. The van der Waals surface area contributed by atoms with Crippen molar-refractivity contribution >= 4 is 35.1 Å². The Labute approximate surface area is 159 Å². The Morgan fingerprint density at radius 3 is 2.58 bits per heavy atom. The number of hydrogen-bond donors (Lipinski definition) is 0. The summed E-state index contributed by atoms with van der Waals surface area (Å²) < 4.78 is 6.71. The van der Waals surface area contributed by atoms with Crippen molar-refractivity contribution in [3.8, 4) is 17.0 Å². The molecule has 0 radical (unpaired) electrons. The smallest absolute Gasteiger partial charge is 0.230 e. The van der Waals surface area contributed by atoms with Crippen LogP contribution >= 0.6 is 22.9 Å². The molecule has 2 aromatic carbocycles. The minimum Gasteiger partial charge on any atom is -0.497 e. The predicted molar refractivity (Wildman–Crippen MR) is 105 cm³/mol. The van der Waals surface area contributed by atoms with Crippen LogP contribution in [0.5, 0.6) is 5.75 Å². The van der Waals surface area contributed by atoms with Crippen LogP contribution in [-0.4, -0.2) is 23.8 Å². The maximum Gasteiger partial charge on any atom is 0.230 e. The van der Waals surface area contributed by atoms with Gasteiger partial charge in [-0.25, -0.2) is 0 Å². The van der Waals surface area contributed by atoms with Gasteiger partial charge in [0.25, 0.3) is 0 Å². The van der Waals surface area contributed by atoms with E-state index in [9.17, 15) is 4.79 Å². The second-order valence-electron chi connectivity index (χ2n) is 5.35. The normalized spacial score (nSPS) is 11.9.